The summed E-state index contributed by atoms with van der Waals surface area (Å²) in [6.45, 7) is 26.9. The van der Waals surface area contributed by atoms with Crippen LogP contribution in [0.3, 0.4) is 0 Å². The molecule has 6 unspecified atom stereocenters. The molecule has 0 aromatic carbocycles. The second-order valence-electron chi connectivity index (χ2n) is 24.0. The molecule has 0 bridgehead atoms. The van der Waals surface area contributed by atoms with Crippen molar-refractivity contribution < 1.29 is 29.0 Å². The minimum absolute atomic E-state index is 0.0767. The van der Waals surface area contributed by atoms with Gasteiger partial charge in [-0.05, 0) is 189 Å². The van der Waals surface area contributed by atoms with Crippen molar-refractivity contribution in [3.63, 3.8) is 0 Å². The molecule has 0 spiro atoms. The molecule has 0 radical (unpaired) electrons. The highest BCUT2D eigenvalue weighted by Crippen LogP contribution is 2.71. The van der Waals surface area contributed by atoms with E-state index in [1.165, 1.54) is 89.9 Å². The Balaban J connectivity index is 0.000000180. The third-order valence-electron chi connectivity index (χ3n) is 21.1. The van der Waals surface area contributed by atoms with Gasteiger partial charge in [-0.15, -0.1) is 6.58 Å². The van der Waals surface area contributed by atoms with Crippen LogP contribution in [-0.2, 0) is 23.9 Å². The maximum atomic E-state index is 12.0. The molecule has 20 atom stereocenters. The van der Waals surface area contributed by atoms with Gasteiger partial charge in [0.1, 0.15) is 12.2 Å². The minimum atomic E-state index is -0.669. The lowest BCUT2D eigenvalue weighted by Gasteiger charge is -2.62. The first-order chi connectivity index (χ1) is 27.8. The largest absolute Gasteiger partial charge is 0.481 e. The van der Waals surface area contributed by atoms with Gasteiger partial charge in [-0.1, -0.05) is 74.3 Å². The molecule has 59 heavy (non-hydrogen) atoms. The average Bonchev–Trinajstić information content (AvgIpc) is 3.72. The van der Waals surface area contributed by atoms with Crippen LogP contribution in [0, 0.1) is 105 Å². The van der Waals surface area contributed by atoms with Crippen LogP contribution in [0.5, 0.6) is 0 Å². The van der Waals surface area contributed by atoms with Gasteiger partial charge in [0, 0.05) is 32.1 Å². The van der Waals surface area contributed by atoms with Gasteiger partial charge >= 0.3 is 17.9 Å². The van der Waals surface area contributed by atoms with E-state index in [1.807, 2.05) is 0 Å². The lowest BCUT2D eigenvalue weighted by Crippen LogP contribution is -2.58. The van der Waals surface area contributed by atoms with Crippen LogP contribution in [-0.4, -0.2) is 35.2 Å². The van der Waals surface area contributed by atoms with Crippen LogP contribution in [0.25, 0.3) is 0 Å². The number of esters is 2. The van der Waals surface area contributed by atoms with Crippen molar-refractivity contribution in [2.45, 2.75) is 197 Å². The fourth-order valence-electron chi connectivity index (χ4n) is 18.2. The molecule has 6 nitrogen and oxygen atoms in total. The number of carboxylic acid groups (broad SMARTS) is 1. The summed E-state index contributed by atoms with van der Waals surface area (Å²) in [5.41, 5.74) is 1.41. The maximum absolute atomic E-state index is 12.0. The predicted molar refractivity (Wildman–Crippen MR) is 236 cm³/mol. The Morgan fingerprint density at radius 1 is 0.610 bits per heavy atom. The van der Waals surface area contributed by atoms with E-state index in [0.29, 0.717) is 63.1 Å². The van der Waals surface area contributed by atoms with Crippen molar-refractivity contribution in [1.29, 1.82) is 0 Å². The summed E-state index contributed by atoms with van der Waals surface area (Å²) >= 11 is 0. The molecule has 1 N–H and O–H groups in total. The third kappa shape index (κ3) is 8.03. The normalized spacial score (nSPS) is 49.4. The molecular weight excluding hydrogens is 733 g/mol. The quantitative estimate of drug-likeness (QED) is 0.194. The fraction of sp³-hybridized carbons (Fsp3) is 0.906. The van der Waals surface area contributed by atoms with Crippen LogP contribution < -0.4 is 0 Å². The Morgan fingerprint density at radius 2 is 1.02 bits per heavy atom. The summed E-state index contributed by atoms with van der Waals surface area (Å²) in [5, 5.41) is 9.17. The number of hydrogen-bond acceptors (Lipinski definition) is 5. The van der Waals surface area contributed by atoms with Gasteiger partial charge in [0.25, 0.3) is 0 Å². The maximum Gasteiger partial charge on any atom is 0.303 e. The highest BCUT2D eigenvalue weighted by Gasteiger charge is 2.64. The van der Waals surface area contributed by atoms with E-state index in [-0.39, 0.29) is 30.6 Å². The van der Waals surface area contributed by atoms with Gasteiger partial charge in [-0.3, -0.25) is 14.4 Å². The van der Waals surface area contributed by atoms with E-state index in [4.69, 9.17) is 9.47 Å². The second-order valence-corrected chi connectivity index (χ2v) is 24.0. The summed E-state index contributed by atoms with van der Waals surface area (Å²) in [5.74, 6) is 8.65. The van der Waals surface area contributed by atoms with Gasteiger partial charge in [0.15, 0.2) is 0 Å². The molecule has 0 saturated heterocycles. The summed E-state index contributed by atoms with van der Waals surface area (Å²) in [4.78, 5) is 35.1. The highest BCUT2D eigenvalue weighted by atomic mass is 16.5. The van der Waals surface area contributed by atoms with Gasteiger partial charge in [0.05, 0.1) is 0 Å². The molecule has 334 valence electrons. The number of fused-ring (bicyclic) bond motifs is 10. The summed E-state index contributed by atoms with van der Waals surface area (Å²) in [7, 11) is 0. The molecule has 8 aliphatic carbocycles. The van der Waals surface area contributed by atoms with E-state index in [2.05, 4.69) is 68.0 Å². The zero-order valence-corrected chi connectivity index (χ0v) is 39.2. The van der Waals surface area contributed by atoms with E-state index in [9.17, 15) is 19.5 Å². The molecule has 0 aliphatic heterocycles. The minimum Gasteiger partial charge on any atom is -0.481 e. The number of carbonyl (C=O) groups excluding carboxylic acids is 2. The van der Waals surface area contributed by atoms with Crippen molar-refractivity contribution in [2.75, 3.05) is 0 Å². The van der Waals surface area contributed by atoms with Gasteiger partial charge in [-0.2, -0.15) is 0 Å². The first-order valence-electron chi connectivity index (χ1n) is 25.0. The summed E-state index contributed by atoms with van der Waals surface area (Å²) < 4.78 is 12.1. The van der Waals surface area contributed by atoms with Crippen LogP contribution >= 0.6 is 0 Å². The predicted octanol–water partition coefficient (Wildman–Crippen LogP) is 13.0. The molecule has 0 heterocycles. The van der Waals surface area contributed by atoms with Crippen molar-refractivity contribution in [3.05, 3.63) is 12.7 Å². The highest BCUT2D eigenvalue weighted by molar-refractivity contribution is 5.67. The molecule has 8 rings (SSSR count). The number of allylic oxidation sites excluding steroid dienone is 1. The Kier molecular flexibility index (Phi) is 13.0. The molecule has 8 saturated carbocycles. The number of hydrogen-bond donors (Lipinski definition) is 1. The Morgan fingerprint density at radius 3 is 1.44 bits per heavy atom. The smallest absolute Gasteiger partial charge is 0.303 e. The van der Waals surface area contributed by atoms with Crippen LogP contribution in [0.2, 0.25) is 0 Å². The number of carbonyl (C=O) groups is 3. The van der Waals surface area contributed by atoms with Gasteiger partial charge < -0.3 is 14.6 Å². The molecule has 6 heteroatoms. The van der Waals surface area contributed by atoms with Crippen molar-refractivity contribution in [2.24, 2.45) is 105 Å². The standard InChI is InChI=1S/C27H44O4.C26H42O2/c1-16-10-12-27(5)22-11-13-26(4)20(17(2)6-9-25(29)30)7-8-21(26)19(22)15-24(23(27)14-16)31-18(3)28;1-7-17(3)20-8-9-21-19-15-24(28-18(4)27)23-14-16(2)10-12-26(23,6)22(19)11-13-25(20,21)5/h16-17,19-24H,6-15H2,1-5H3,(H,29,30);7,16-17,19-24H,1,8-15H2,2-6H3/t16-,17-,19?,20-,21?,22?,23+,24+,26-,27-;16-,17-,19?,20-,21?,22?,23+,24+,25-,26-/m11/s1. The van der Waals surface area contributed by atoms with Crippen molar-refractivity contribution in [1.82, 2.24) is 0 Å². The molecule has 0 aromatic rings. The van der Waals surface area contributed by atoms with Crippen LogP contribution in [0.4, 0.5) is 0 Å². The van der Waals surface area contributed by atoms with Crippen molar-refractivity contribution in [3.8, 4) is 0 Å². The average molecular weight is 819 g/mol. The summed E-state index contributed by atoms with van der Waals surface area (Å²) in [6.07, 6.45) is 23.9. The zero-order chi connectivity index (χ0) is 42.8. The molecule has 0 aromatic heterocycles. The SMILES string of the molecule is C=C[C@@H](C)[C@H]1CCC2C3C[C@H](OC(C)=O)[C@@H]4C[C@H](C)CC[C@]4(C)C3CC[C@@]21C.CC(=O)O[C@H]1CC2C3CC[C@H]([C@H](C)CCC(=O)O)[C@@]3(C)CCC2[C@@]2(C)CC[C@@H](C)C[C@@H]12. The molecule has 8 aliphatic rings. The van der Waals surface area contributed by atoms with E-state index >= 15 is 0 Å². The number of aliphatic carboxylic acids is 1. The lowest BCUT2D eigenvalue weighted by atomic mass is 9.43. The van der Waals surface area contributed by atoms with Crippen LogP contribution in [0.15, 0.2) is 12.7 Å². The number of rotatable bonds is 8. The van der Waals surface area contributed by atoms with Crippen molar-refractivity contribution >= 4 is 17.9 Å². The van der Waals surface area contributed by atoms with E-state index < -0.39 is 5.97 Å². The van der Waals surface area contributed by atoms with Gasteiger partial charge in [-0.25, -0.2) is 0 Å². The zero-order valence-electron chi connectivity index (χ0n) is 39.2. The Hall–Kier alpha value is -1.85. The first-order valence-corrected chi connectivity index (χ1v) is 25.0. The topological polar surface area (TPSA) is 89.9 Å². The first kappa shape index (κ1) is 45.2. The Labute approximate surface area is 359 Å². The summed E-state index contributed by atoms with van der Waals surface area (Å²) in [6, 6.07) is 0. The van der Waals surface area contributed by atoms with E-state index in [1.54, 1.807) is 13.8 Å². The number of ether oxygens (including phenoxy) is 2. The van der Waals surface area contributed by atoms with E-state index in [0.717, 1.165) is 60.7 Å². The number of carboxylic acids is 1. The second kappa shape index (κ2) is 17.0. The molecular formula is C53H86O6. The Bertz CT molecular complexity index is 1560. The van der Waals surface area contributed by atoms with Crippen LogP contribution in [0.1, 0.15) is 185 Å². The van der Waals surface area contributed by atoms with Gasteiger partial charge in [0.2, 0.25) is 0 Å². The third-order valence-corrected chi connectivity index (χ3v) is 21.1. The fourth-order valence-corrected chi connectivity index (χ4v) is 18.2. The molecule has 8 fully saturated rings. The lowest BCUT2D eigenvalue weighted by molar-refractivity contribution is -0.188. The monoisotopic (exact) mass is 819 g/mol. The molecule has 0 amide bonds.